The Morgan fingerprint density at radius 3 is 2.45 bits per heavy atom. The Morgan fingerprint density at radius 1 is 0.896 bits per heavy atom. The quantitative estimate of drug-likeness (QED) is 0.0993. The first kappa shape index (κ1) is 45.6. The maximum atomic E-state index is 12.1. The predicted octanol–water partition coefficient (Wildman–Crippen LogP) is 8.20. The van der Waals surface area contributed by atoms with Gasteiger partial charge >= 0.3 is 5.78 Å². The smallest absolute Gasteiger partial charge is 0.335 e. The van der Waals surface area contributed by atoms with Gasteiger partial charge in [-0.25, -0.2) is 0 Å². The van der Waals surface area contributed by atoms with Crippen LogP contribution in [0.2, 0.25) is 0 Å². The summed E-state index contributed by atoms with van der Waals surface area (Å²) in [6.07, 6.45) is 5.91. The molecule has 10 rings (SSSR count). The van der Waals surface area contributed by atoms with Crippen LogP contribution < -0.4 is 34.1 Å². The van der Waals surface area contributed by atoms with Crippen molar-refractivity contribution in [3.63, 3.8) is 0 Å². The third kappa shape index (κ3) is 10.4. The molecule has 0 saturated carbocycles. The average molecular weight is 904 g/mol. The first-order valence-electron chi connectivity index (χ1n) is 23.6. The van der Waals surface area contributed by atoms with Gasteiger partial charge in [-0.1, -0.05) is 128 Å². The van der Waals surface area contributed by atoms with Crippen molar-refractivity contribution in [3.05, 3.63) is 160 Å². The van der Waals surface area contributed by atoms with Gasteiger partial charge in [0.1, 0.15) is 24.0 Å². The molecule has 5 aromatic carbocycles. The molecule has 4 bridgehead atoms. The molecular formula is C56H61N3O8. The third-order valence-corrected chi connectivity index (χ3v) is 13.2. The Morgan fingerprint density at radius 2 is 1.69 bits per heavy atom. The third-order valence-electron chi connectivity index (χ3n) is 13.2. The van der Waals surface area contributed by atoms with E-state index in [9.17, 15) is 20.1 Å². The van der Waals surface area contributed by atoms with E-state index in [2.05, 4.69) is 71.7 Å². The number of phenols is 1. The molecule has 4 aliphatic heterocycles. The summed E-state index contributed by atoms with van der Waals surface area (Å²) in [7, 11) is 1.56. The van der Waals surface area contributed by atoms with E-state index in [4.69, 9.17) is 23.9 Å². The molecule has 11 nitrogen and oxygen atoms in total. The number of ketones is 1. The first-order chi connectivity index (χ1) is 32.8. The predicted molar refractivity (Wildman–Crippen MR) is 263 cm³/mol. The molecule has 4 aliphatic rings. The van der Waals surface area contributed by atoms with Crippen LogP contribution in [0.3, 0.4) is 0 Å². The minimum absolute atomic E-state index is 0.0549. The highest BCUT2D eigenvalue weighted by atomic mass is 16.5. The molecule has 6 aromatic rings. The summed E-state index contributed by atoms with van der Waals surface area (Å²) in [5, 5.41) is 35.6. The summed E-state index contributed by atoms with van der Waals surface area (Å²) >= 11 is 0. The number of methoxy groups -OCH3 is 1. The van der Waals surface area contributed by atoms with Crippen LogP contribution in [0.1, 0.15) is 70.5 Å². The maximum Gasteiger partial charge on any atom is 0.335 e. The van der Waals surface area contributed by atoms with Crippen molar-refractivity contribution in [2.45, 2.75) is 70.1 Å². The molecule has 5 heterocycles. The number of aliphatic hydroxyl groups excluding tert-OH is 2. The second kappa shape index (κ2) is 21.0. The number of aromatic hydroxyl groups is 1. The second-order valence-electron chi connectivity index (χ2n) is 17.9. The lowest BCUT2D eigenvalue weighted by Crippen LogP contribution is -2.52. The summed E-state index contributed by atoms with van der Waals surface area (Å²) in [4.78, 5) is 19.9. The minimum atomic E-state index is -0.805. The van der Waals surface area contributed by atoms with Crippen LogP contribution in [0.25, 0.3) is 17.2 Å². The molecule has 0 spiro atoms. The van der Waals surface area contributed by atoms with Crippen molar-refractivity contribution < 1.29 is 39.1 Å². The maximum absolute atomic E-state index is 12.1. The molecular weight excluding hydrogens is 843 g/mol. The SMILES string of the molecule is CCc1cc2c([n-]1)N1CCNCC1Cc1ccc(cc1)CC(CO)COc1c(c3c(c(OCCC(O)C=Cc4ccccc4)c1OC)C(=[OH+])CC(c1ccc(O)cc1)O3)CCc1cccc-2c1. The van der Waals surface area contributed by atoms with Gasteiger partial charge in [0.15, 0.2) is 17.1 Å². The van der Waals surface area contributed by atoms with Crippen molar-refractivity contribution in [2.75, 3.05) is 51.5 Å². The highest BCUT2D eigenvalue weighted by Crippen LogP contribution is 2.53. The van der Waals surface area contributed by atoms with Crippen LogP contribution in [-0.4, -0.2) is 84.6 Å². The molecule has 11 heteroatoms. The fourth-order valence-electron chi connectivity index (χ4n) is 9.56. The van der Waals surface area contributed by atoms with Crippen LogP contribution in [0.15, 0.2) is 115 Å². The Bertz CT molecular complexity index is 2660. The zero-order chi connectivity index (χ0) is 46.3. The standard InChI is InChI=1S/C56H60N3O8/c1-3-43-31-48-42-11-7-10-37(29-42)17-23-47-52-51(49(63)32-50(67-52)41-18-21-45(61)22-19-41)54(65-27-24-46(62)20-16-36-8-5-4-6-9-36)55(64-2)53(47)66-35-40(34-60)28-38-12-14-39(15-13-38)30-44-33-57-25-26-59(44)56(48)58-43/h4-16,18-22,29,31,40,44,46,50,57,60-62H,3,17,23-28,30,32-35H2,1-2H3/q-1/p+1. The van der Waals surface area contributed by atoms with Gasteiger partial charge in [-0.15, -0.1) is 0 Å². The van der Waals surface area contributed by atoms with Crippen molar-refractivity contribution >= 4 is 17.7 Å². The largest absolute Gasteiger partial charge is 0.508 e. The molecule has 0 aliphatic carbocycles. The first-order valence-corrected chi connectivity index (χ1v) is 23.6. The van der Waals surface area contributed by atoms with Crippen LogP contribution in [-0.2, 0) is 32.1 Å². The monoisotopic (exact) mass is 903 g/mol. The molecule has 4 atom stereocenters. The van der Waals surface area contributed by atoms with E-state index < -0.39 is 12.2 Å². The zero-order valence-corrected chi connectivity index (χ0v) is 38.4. The van der Waals surface area contributed by atoms with Crippen LogP contribution in [0, 0.1) is 5.92 Å². The number of hydrogen-bond donors (Lipinski definition) is 4. The Balaban J connectivity index is 1.14. The van der Waals surface area contributed by atoms with Gasteiger partial charge in [0, 0.05) is 24.5 Å². The number of aliphatic hydroxyl groups is 2. The van der Waals surface area contributed by atoms with Crippen LogP contribution in [0.5, 0.6) is 28.7 Å². The molecule has 4 unspecified atom stereocenters. The van der Waals surface area contributed by atoms with E-state index in [-0.39, 0.29) is 61.9 Å². The van der Waals surface area contributed by atoms with E-state index in [0.717, 1.165) is 77.4 Å². The van der Waals surface area contributed by atoms with Crippen LogP contribution in [0.4, 0.5) is 5.82 Å². The number of rotatable bonds is 10. The summed E-state index contributed by atoms with van der Waals surface area (Å²) in [6.45, 7) is 4.88. The normalized spacial score (nSPS) is 19.0. The summed E-state index contributed by atoms with van der Waals surface area (Å²) in [5.41, 5.74) is 9.51. The number of benzene rings is 5. The number of nitrogens with one attached hydrogen (secondary N) is 1. The number of piperazine rings is 1. The van der Waals surface area contributed by atoms with Crippen molar-refractivity contribution in [1.29, 1.82) is 0 Å². The fraction of sp³-hybridized carbons (Fsp3) is 0.339. The van der Waals surface area contributed by atoms with Crippen molar-refractivity contribution in [2.24, 2.45) is 5.92 Å². The van der Waals surface area contributed by atoms with Gasteiger partial charge < -0.3 is 49.5 Å². The molecule has 0 amide bonds. The lowest BCUT2D eigenvalue weighted by atomic mass is 9.90. The van der Waals surface area contributed by atoms with E-state index >= 15 is 0 Å². The number of hydrogen-bond acceptors (Lipinski definition) is 9. The Kier molecular flexibility index (Phi) is 14.3. The molecule has 0 radical (unpaired) electrons. The summed E-state index contributed by atoms with van der Waals surface area (Å²) < 4.78 is 26.6. The number of nitrogens with zero attached hydrogens (tertiary/aromatic N) is 2. The van der Waals surface area contributed by atoms with Crippen molar-refractivity contribution in [3.8, 4) is 39.9 Å². The lowest BCUT2D eigenvalue weighted by Gasteiger charge is -2.45. The number of aryl methyl sites for hydroxylation is 2. The zero-order valence-electron chi connectivity index (χ0n) is 38.4. The Hall–Kier alpha value is -6.53. The molecule has 1 aromatic heterocycles. The van der Waals surface area contributed by atoms with E-state index in [1.807, 2.05) is 36.4 Å². The van der Waals surface area contributed by atoms with Crippen LogP contribution >= 0.6 is 0 Å². The molecule has 1 fully saturated rings. The topological polar surface area (TPSA) is 148 Å². The molecule has 1 saturated heterocycles. The molecule has 348 valence electrons. The summed E-state index contributed by atoms with van der Waals surface area (Å²) in [6, 6.07) is 36.4. The number of fused-ring (bicyclic) bond motifs is 7. The van der Waals surface area contributed by atoms with E-state index in [0.29, 0.717) is 47.6 Å². The fourth-order valence-corrected chi connectivity index (χ4v) is 9.56. The highest BCUT2D eigenvalue weighted by Gasteiger charge is 2.41. The Labute approximate surface area is 393 Å². The number of phenolic OH excluding ortho intramolecular Hbond substituents is 1. The number of aromatic nitrogens is 1. The number of anilines is 1. The average Bonchev–Trinajstić information content (AvgIpc) is 3.80. The van der Waals surface area contributed by atoms with Gasteiger partial charge in [0.2, 0.25) is 5.75 Å². The van der Waals surface area contributed by atoms with Gasteiger partial charge in [-0.2, -0.15) is 0 Å². The summed E-state index contributed by atoms with van der Waals surface area (Å²) in [5.74, 6) is 2.28. The van der Waals surface area contributed by atoms with E-state index in [1.54, 1.807) is 37.5 Å². The van der Waals surface area contributed by atoms with E-state index in [1.165, 1.54) is 5.56 Å². The number of ether oxygens (including phenoxy) is 4. The van der Waals surface area contributed by atoms with Gasteiger partial charge in [-0.05, 0) is 109 Å². The second-order valence-corrected chi connectivity index (χ2v) is 17.9. The molecule has 5 N–H and O–H groups in total. The van der Waals surface area contributed by atoms with Gasteiger partial charge in [0.05, 0.1) is 26.4 Å². The lowest BCUT2D eigenvalue weighted by molar-refractivity contribution is 0.153. The number of carbonyl (C=O) groups excluding carboxylic acids is 1. The molecule has 67 heavy (non-hydrogen) atoms. The highest BCUT2D eigenvalue weighted by molar-refractivity contribution is 6.05. The minimum Gasteiger partial charge on any atom is -0.508 e. The van der Waals surface area contributed by atoms with Gasteiger partial charge in [0.25, 0.3) is 0 Å². The van der Waals surface area contributed by atoms with Crippen molar-refractivity contribution in [1.82, 2.24) is 10.3 Å². The van der Waals surface area contributed by atoms with Gasteiger partial charge in [-0.3, -0.25) is 4.79 Å².